The van der Waals surface area contributed by atoms with E-state index in [-0.39, 0.29) is 0 Å². The molecule has 0 spiro atoms. The summed E-state index contributed by atoms with van der Waals surface area (Å²) in [6, 6.07) is 8.08. The number of ether oxygens (including phenoxy) is 2. The number of hydrogen-bond donors (Lipinski definition) is 1. The van der Waals surface area contributed by atoms with Crippen molar-refractivity contribution in [3.05, 3.63) is 29.8 Å². The van der Waals surface area contributed by atoms with Crippen LogP contribution in [0.15, 0.2) is 24.3 Å². The third-order valence-electron chi connectivity index (χ3n) is 3.31. The summed E-state index contributed by atoms with van der Waals surface area (Å²) in [6.45, 7) is 9.86. The molecule has 0 aliphatic heterocycles. The van der Waals surface area contributed by atoms with Crippen LogP contribution >= 0.6 is 0 Å². The Labute approximate surface area is 135 Å². The maximum atomic E-state index is 10.1. The van der Waals surface area contributed by atoms with E-state index in [9.17, 15) is 5.11 Å². The third kappa shape index (κ3) is 7.78. The van der Waals surface area contributed by atoms with Gasteiger partial charge in [0.2, 0.25) is 0 Å². The van der Waals surface area contributed by atoms with Gasteiger partial charge in [-0.1, -0.05) is 32.9 Å². The van der Waals surface area contributed by atoms with Crippen LogP contribution in [-0.2, 0) is 11.3 Å². The fourth-order valence-electron chi connectivity index (χ4n) is 2.37. The number of aliphatic hydroxyl groups is 1. The van der Waals surface area contributed by atoms with Crippen LogP contribution in [0.3, 0.4) is 0 Å². The van der Waals surface area contributed by atoms with Crippen LogP contribution in [0.5, 0.6) is 5.75 Å². The van der Waals surface area contributed by atoms with Crippen LogP contribution < -0.4 is 4.74 Å². The molecule has 0 heterocycles. The molecular formula is C18H31NO3. The first-order chi connectivity index (χ1) is 10.5. The quantitative estimate of drug-likeness (QED) is 0.682. The summed E-state index contributed by atoms with van der Waals surface area (Å²) in [5.74, 6) is 1.37. The van der Waals surface area contributed by atoms with E-state index in [4.69, 9.17) is 9.47 Å². The van der Waals surface area contributed by atoms with Gasteiger partial charge in [-0.15, -0.1) is 0 Å². The van der Waals surface area contributed by atoms with Gasteiger partial charge < -0.3 is 14.6 Å². The van der Waals surface area contributed by atoms with E-state index in [1.54, 1.807) is 7.11 Å². The predicted molar refractivity (Wildman–Crippen MR) is 90.2 cm³/mol. The Morgan fingerprint density at radius 2 is 2.00 bits per heavy atom. The summed E-state index contributed by atoms with van der Waals surface area (Å²) < 4.78 is 10.8. The molecule has 0 unspecified atom stereocenters. The summed E-state index contributed by atoms with van der Waals surface area (Å²) in [5.41, 5.74) is 1.20. The average molecular weight is 309 g/mol. The van der Waals surface area contributed by atoms with E-state index in [1.807, 2.05) is 18.2 Å². The van der Waals surface area contributed by atoms with E-state index in [0.29, 0.717) is 25.7 Å². The molecule has 0 fully saturated rings. The Balaban J connectivity index is 2.49. The molecule has 1 aromatic carbocycles. The normalized spacial score (nSPS) is 12.9. The van der Waals surface area contributed by atoms with Gasteiger partial charge in [0.1, 0.15) is 5.75 Å². The Morgan fingerprint density at radius 1 is 1.23 bits per heavy atom. The first-order valence-corrected chi connectivity index (χ1v) is 8.16. The highest BCUT2D eigenvalue weighted by molar-refractivity contribution is 5.28. The van der Waals surface area contributed by atoms with Gasteiger partial charge in [0.05, 0.1) is 19.8 Å². The molecule has 4 heteroatoms. The van der Waals surface area contributed by atoms with Crippen LogP contribution in [0.25, 0.3) is 0 Å². The zero-order chi connectivity index (χ0) is 16.4. The van der Waals surface area contributed by atoms with Crippen LogP contribution in [0.2, 0.25) is 0 Å². The van der Waals surface area contributed by atoms with Gasteiger partial charge in [0.15, 0.2) is 0 Å². The highest BCUT2D eigenvalue weighted by Crippen LogP contribution is 2.14. The van der Waals surface area contributed by atoms with Crippen molar-refractivity contribution in [2.24, 2.45) is 5.92 Å². The minimum atomic E-state index is -0.448. The number of benzene rings is 1. The molecule has 0 saturated carbocycles. The molecule has 0 aromatic heterocycles. The minimum absolute atomic E-state index is 0.399. The van der Waals surface area contributed by atoms with Crippen molar-refractivity contribution in [2.75, 3.05) is 33.4 Å². The lowest BCUT2D eigenvalue weighted by Crippen LogP contribution is -2.35. The van der Waals surface area contributed by atoms with Gasteiger partial charge in [-0.25, -0.2) is 0 Å². The molecule has 22 heavy (non-hydrogen) atoms. The maximum Gasteiger partial charge on any atom is 0.119 e. The second kappa shape index (κ2) is 10.6. The highest BCUT2D eigenvalue weighted by atomic mass is 16.5. The number of hydrogen-bond acceptors (Lipinski definition) is 4. The molecule has 1 N–H and O–H groups in total. The number of rotatable bonds is 11. The predicted octanol–water partition coefficient (Wildman–Crippen LogP) is 2.94. The Kier molecular flexibility index (Phi) is 9.13. The molecule has 0 saturated heterocycles. The van der Waals surface area contributed by atoms with Crippen molar-refractivity contribution in [1.29, 1.82) is 0 Å². The van der Waals surface area contributed by atoms with Gasteiger partial charge in [0.25, 0.3) is 0 Å². The minimum Gasteiger partial charge on any atom is -0.497 e. The first-order valence-electron chi connectivity index (χ1n) is 8.16. The lowest BCUT2D eigenvalue weighted by atomic mass is 10.2. The molecular weight excluding hydrogens is 278 g/mol. The number of aliphatic hydroxyl groups excluding tert-OH is 1. The molecule has 1 aromatic rings. The summed E-state index contributed by atoms with van der Waals surface area (Å²) >= 11 is 0. The fraction of sp³-hybridized carbons (Fsp3) is 0.667. The maximum absolute atomic E-state index is 10.1. The topological polar surface area (TPSA) is 41.9 Å². The SMILES string of the molecule is CCCN(Cc1cccc(OC)c1)C[C@H](O)COCC(C)C. The Morgan fingerprint density at radius 3 is 2.64 bits per heavy atom. The van der Waals surface area contributed by atoms with Crippen LogP contribution in [0.4, 0.5) is 0 Å². The molecule has 1 atom stereocenters. The molecule has 126 valence electrons. The van der Waals surface area contributed by atoms with Crippen molar-refractivity contribution in [1.82, 2.24) is 4.90 Å². The Bertz CT molecular complexity index is 409. The van der Waals surface area contributed by atoms with Gasteiger partial charge in [0, 0.05) is 19.7 Å². The van der Waals surface area contributed by atoms with Crippen LogP contribution in [0.1, 0.15) is 32.8 Å². The summed E-state index contributed by atoms with van der Waals surface area (Å²) in [7, 11) is 1.68. The van der Waals surface area contributed by atoms with Gasteiger partial charge in [-0.3, -0.25) is 4.90 Å². The lowest BCUT2D eigenvalue weighted by Gasteiger charge is -2.25. The van der Waals surface area contributed by atoms with Crippen molar-refractivity contribution >= 4 is 0 Å². The van der Waals surface area contributed by atoms with E-state index in [1.165, 1.54) is 5.56 Å². The average Bonchev–Trinajstić information content (AvgIpc) is 2.47. The largest absolute Gasteiger partial charge is 0.497 e. The van der Waals surface area contributed by atoms with Crippen molar-refractivity contribution in [3.63, 3.8) is 0 Å². The van der Waals surface area contributed by atoms with E-state index in [2.05, 4.69) is 31.7 Å². The van der Waals surface area contributed by atoms with Gasteiger partial charge in [-0.05, 0) is 36.6 Å². The monoisotopic (exact) mass is 309 g/mol. The molecule has 0 aliphatic carbocycles. The molecule has 1 rings (SSSR count). The molecule has 0 aliphatic rings. The number of nitrogens with zero attached hydrogens (tertiary/aromatic N) is 1. The van der Waals surface area contributed by atoms with E-state index < -0.39 is 6.10 Å². The molecule has 4 nitrogen and oxygen atoms in total. The second-order valence-electron chi connectivity index (χ2n) is 6.17. The molecule has 0 amide bonds. The van der Waals surface area contributed by atoms with Crippen LogP contribution in [0, 0.1) is 5.92 Å². The third-order valence-corrected chi connectivity index (χ3v) is 3.31. The molecule has 0 radical (unpaired) electrons. The second-order valence-corrected chi connectivity index (χ2v) is 6.17. The molecule has 0 bridgehead atoms. The fourth-order valence-corrected chi connectivity index (χ4v) is 2.37. The zero-order valence-electron chi connectivity index (χ0n) is 14.4. The van der Waals surface area contributed by atoms with Gasteiger partial charge in [-0.2, -0.15) is 0 Å². The van der Waals surface area contributed by atoms with Gasteiger partial charge >= 0.3 is 0 Å². The lowest BCUT2D eigenvalue weighted by molar-refractivity contribution is 0.00691. The van der Waals surface area contributed by atoms with E-state index >= 15 is 0 Å². The zero-order valence-corrected chi connectivity index (χ0v) is 14.4. The smallest absolute Gasteiger partial charge is 0.119 e. The summed E-state index contributed by atoms with van der Waals surface area (Å²) in [6.07, 6.45) is 0.611. The van der Waals surface area contributed by atoms with E-state index in [0.717, 1.165) is 25.3 Å². The standard InChI is InChI=1S/C18H31NO3/c1-5-9-19(12-17(20)14-22-13-15(2)3)11-16-7-6-8-18(10-16)21-4/h6-8,10,15,17,20H,5,9,11-14H2,1-4H3/t17-/m0/s1. The first kappa shape index (κ1) is 18.9. The summed E-state index contributed by atoms with van der Waals surface area (Å²) in [4.78, 5) is 2.26. The number of methoxy groups -OCH3 is 1. The van der Waals surface area contributed by atoms with Crippen molar-refractivity contribution < 1.29 is 14.6 Å². The highest BCUT2D eigenvalue weighted by Gasteiger charge is 2.12. The summed E-state index contributed by atoms with van der Waals surface area (Å²) in [5, 5.41) is 10.1. The van der Waals surface area contributed by atoms with Crippen molar-refractivity contribution in [2.45, 2.75) is 39.8 Å². The van der Waals surface area contributed by atoms with Crippen molar-refractivity contribution in [3.8, 4) is 5.75 Å². The Hall–Kier alpha value is -1.10. The van der Waals surface area contributed by atoms with Crippen LogP contribution in [-0.4, -0.2) is 49.5 Å².